The number of carbonyl (C=O) groups excluding carboxylic acids is 1. The molecule has 162 valence electrons. The van der Waals surface area contributed by atoms with Crippen molar-refractivity contribution in [1.29, 1.82) is 0 Å². The van der Waals surface area contributed by atoms with E-state index in [2.05, 4.69) is 21.6 Å². The third kappa shape index (κ3) is 4.40. The van der Waals surface area contributed by atoms with Gasteiger partial charge in [0.25, 0.3) is 0 Å². The van der Waals surface area contributed by atoms with Gasteiger partial charge < -0.3 is 23.9 Å². The average Bonchev–Trinajstić information content (AvgIpc) is 2.79. The van der Waals surface area contributed by atoms with Crippen molar-refractivity contribution in [1.82, 2.24) is 9.80 Å². The molecule has 1 aliphatic heterocycles. The zero-order valence-electron chi connectivity index (χ0n) is 17.5. The van der Waals surface area contributed by atoms with Crippen molar-refractivity contribution in [2.45, 2.75) is 6.54 Å². The normalized spacial score (nSPS) is 15.2. The maximum absolute atomic E-state index is 13.0. The van der Waals surface area contributed by atoms with Crippen molar-refractivity contribution in [3.63, 3.8) is 0 Å². The molecule has 0 bridgehead atoms. The van der Waals surface area contributed by atoms with Crippen LogP contribution in [0.5, 0.6) is 17.2 Å². The fourth-order valence-electron chi connectivity index (χ4n) is 3.59. The summed E-state index contributed by atoms with van der Waals surface area (Å²) in [4.78, 5) is 29.0. The number of ether oxygens (including phenoxy) is 2. The van der Waals surface area contributed by atoms with Crippen LogP contribution in [0, 0.1) is 0 Å². The highest BCUT2D eigenvalue weighted by atomic mass is 16.5. The van der Waals surface area contributed by atoms with Crippen molar-refractivity contribution >= 4 is 16.9 Å². The number of benzene rings is 2. The molecule has 0 atom stereocenters. The third-order valence-electron chi connectivity index (χ3n) is 5.47. The summed E-state index contributed by atoms with van der Waals surface area (Å²) in [7, 11) is 3.39. The number of likely N-dealkylation sites (N-methyl/N-ethyl adjacent to an activating group) is 1. The van der Waals surface area contributed by atoms with Crippen LogP contribution in [0.15, 0.2) is 51.9 Å². The first-order valence-electron chi connectivity index (χ1n) is 9.99. The van der Waals surface area contributed by atoms with Gasteiger partial charge in [-0.15, -0.1) is 0 Å². The van der Waals surface area contributed by atoms with Crippen molar-refractivity contribution in [3.05, 3.63) is 64.0 Å². The van der Waals surface area contributed by atoms with Crippen molar-refractivity contribution in [3.8, 4) is 17.2 Å². The van der Waals surface area contributed by atoms with E-state index in [0.29, 0.717) is 34.4 Å². The Morgan fingerprint density at radius 3 is 2.48 bits per heavy atom. The van der Waals surface area contributed by atoms with E-state index < -0.39 is 5.97 Å². The molecule has 8 heteroatoms. The minimum Gasteiger partial charge on any atom is -0.507 e. The predicted molar refractivity (Wildman–Crippen MR) is 115 cm³/mol. The minimum absolute atomic E-state index is 0.0227. The van der Waals surface area contributed by atoms with Crippen molar-refractivity contribution < 1.29 is 23.8 Å². The first kappa shape index (κ1) is 20.9. The van der Waals surface area contributed by atoms with Gasteiger partial charge in [0.2, 0.25) is 11.2 Å². The second kappa shape index (κ2) is 8.79. The highest BCUT2D eigenvalue weighted by molar-refractivity contribution is 5.89. The van der Waals surface area contributed by atoms with Gasteiger partial charge in [0.15, 0.2) is 0 Å². The highest BCUT2D eigenvalue weighted by Gasteiger charge is 2.20. The largest absolute Gasteiger partial charge is 0.507 e. The van der Waals surface area contributed by atoms with E-state index in [1.807, 2.05) is 0 Å². The molecule has 0 spiro atoms. The Morgan fingerprint density at radius 2 is 1.81 bits per heavy atom. The molecule has 1 saturated heterocycles. The number of methoxy groups -OCH3 is 1. The number of piperazine rings is 1. The Bertz CT molecular complexity index is 1150. The SMILES string of the molecule is COC(=O)c1ccc(Oc2coc3c(CN4CCN(C)CC4)c(O)ccc3c2=O)cc1. The van der Waals surface area contributed by atoms with Gasteiger partial charge in [-0.25, -0.2) is 4.79 Å². The molecule has 2 aromatic carbocycles. The number of phenols is 1. The van der Waals surface area contributed by atoms with Crippen LogP contribution in [-0.2, 0) is 11.3 Å². The molecule has 0 radical (unpaired) electrons. The van der Waals surface area contributed by atoms with Crippen LogP contribution in [0.2, 0.25) is 0 Å². The molecule has 1 N–H and O–H groups in total. The van der Waals surface area contributed by atoms with Crippen LogP contribution in [0.25, 0.3) is 11.0 Å². The van der Waals surface area contributed by atoms with Gasteiger partial charge in [-0.3, -0.25) is 9.69 Å². The average molecular weight is 424 g/mol. The summed E-state index contributed by atoms with van der Waals surface area (Å²) < 4.78 is 16.1. The lowest BCUT2D eigenvalue weighted by molar-refractivity contribution is 0.0600. The molecule has 0 aliphatic carbocycles. The molecule has 3 aromatic rings. The first-order chi connectivity index (χ1) is 15.0. The van der Waals surface area contributed by atoms with E-state index in [1.165, 1.54) is 25.5 Å². The summed E-state index contributed by atoms with van der Waals surface area (Å²) in [5, 5.41) is 10.7. The van der Waals surface area contributed by atoms with Gasteiger partial charge in [0.1, 0.15) is 23.3 Å². The standard InChI is InChI=1S/C23H24N2O6/c1-24-9-11-25(12-10-24)13-18-19(26)8-7-17-21(27)20(14-30-22(17)18)31-16-5-3-15(4-6-16)23(28)29-2/h3-8,14,26H,9-13H2,1-2H3. The van der Waals surface area contributed by atoms with Crippen molar-refractivity contribution in [2.24, 2.45) is 0 Å². The lowest BCUT2D eigenvalue weighted by Gasteiger charge is -2.32. The van der Waals surface area contributed by atoms with Gasteiger partial charge in [-0.05, 0) is 43.4 Å². The number of phenolic OH excluding ortho intramolecular Hbond substituents is 1. The summed E-state index contributed by atoms with van der Waals surface area (Å²) >= 11 is 0. The number of fused-ring (bicyclic) bond motifs is 1. The summed E-state index contributed by atoms with van der Waals surface area (Å²) in [5.41, 5.74) is 0.993. The summed E-state index contributed by atoms with van der Waals surface area (Å²) in [6.07, 6.45) is 1.26. The van der Waals surface area contributed by atoms with E-state index in [-0.39, 0.29) is 16.9 Å². The molecule has 0 unspecified atom stereocenters. The Morgan fingerprint density at radius 1 is 1.10 bits per heavy atom. The number of aromatic hydroxyl groups is 1. The number of rotatable bonds is 5. The van der Waals surface area contributed by atoms with Gasteiger partial charge in [-0.1, -0.05) is 0 Å². The van der Waals surface area contributed by atoms with E-state index in [0.717, 1.165) is 26.2 Å². The second-order valence-electron chi connectivity index (χ2n) is 7.57. The first-order valence-corrected chi connectivity index (χ1v) is 9.99. The van der Waals surface area contributed by atoms with E-state index in [1.54, 1.807) is 24.3 Å². The van der Waals surface area contributed by atoms with Crippen LogP contribution in [-0.4, -0.2) is 61.2 Å². The summed E-state index contributed by atoms with van der Waals surface area (Å²) in [6.45, 7) is 4.14. The fourth-order valence-corrected chi connectivity index (χ4v) is 3.59. The van der Waals surface area contributed by atoms with Gasteiger partial charge in [0, 0.05) is 32.7 Å². The lowest BCUT2D eigenvalue weighted by Crippen LogP contribution is -2.43. The molecule has 4 rings (SSSR count). The highest BCUT2D eigenvalue weighted by Crippen LogP contribution is 2.30. The van der Waals surface area contributed by atoms with Gasteiger partial charge in [-0.2, -0.15) is 0 Å². The lowest BCUT2D eigenvalue weighted by atomic mass is 10.1. The number of esters is 1. The van der Waals surface area contributed by atoms with Crippen LogP contribution in [0.4, 0.5) is 0 Å². The quantitative estimate of drug-likeness (QED) is 0.625. The fraction of sp³-hybridized carbons (Fsp3) is 0.304. The molecule has 1 aromatic heterocycles. The predicted octanol–water partition coefficient (Wildman–Crippen LogP) is 2.82. The second-order valence-corrected chi connectivity index (χ2v) is 7.57. The Hall–Kier alpha value is -3.36. The Kier molecular flexibility index (Phi) is 5.92. The Labute approximate surface area is 179 Å². The summed E-state index contributed by atoms with van der Waals surface area (Å²) in [6, 6.07) is 9.31. The van der Waals surface area contributed by atoms with Crippen LogP contribution >= 0.6 is 0 Å². The monoisotopic (exact) mass is 424 g/mol. The molecule has 8 nitrogen and oxygen atoms in total. The van der Waals surface area contributed by atoms with Crippen LogP contribution in [0.3, 0.4) is 0 Å². The van der Waals surface area contributed by atoms with E-state index >= 15 is 0 Å². The van der Waals surface area contributed by atoms with E-state index in [9.17, 15) is 14.7 Å². The zero-order valence-corrected chi connectivity index (χ0v) is 17.5. The molecular weight excluding hydrogens is 400 g/mol. The van der Waals surface area contributed by atoms with E-state index in [4.69, 9.17) is 9.15 Å². The van der Waals surface area contributed by atoms with Crippen molar-refractivity contribution in [2.75, 3.05) is 40.3 Å². The molecular formula is C23H24N2O6. The van der Waals surface area contributed by atoms with Gasteiger partial charge >= 0.3 is 5.97 Å². The van der Waals surface area contributed by atoms with Crippen LogP contribution in [0.1, 0.15) is 15.9 Å². The smallest absolute Gasteiger partial charge is 0.337 e. The Balaban J connectivity index is 1.61. The number of hydrogen-bond acceptors (Lipinski definition) is 8. The molecule has 1 aliphatic rings. The molecule has 31 heavy (non-hydrogen) atoms. The third-order valence-corrected chi connectivity index (χ3v) is 5.47. The maximum atomic E-state index is 13.0. The molecule has 2 heterocycles. The number of hydrogen-bond donors (Lipinski definition) is 1. The molecule has 0 saturated carbocycles. The topological polar surface area (TPSA) is 92.5 Å². The zero-order chi connectivity index (χ0) is 22.0. The molecule has 0 amide bonds. The number of nitrogens with zero attached hydrogens (tertiary/aromatic N) is 2. The number of carbonyl (C=O) groups is 1. The minimum atomic E-state index is -0.454. The molecule has 1 fully saturated rings. The summed E-state index contributed by atoms with van der Waals surface area (Å²) in [5.74, 6) is 0.0522. The van der Waals surface area contributed by atoms with Gasteiger partial charge in [0.05, 0.1) is 23.6 Å². The maximum Gasteiger partial charge on any atom is 0.337 e. The van der Waals surface area contributed by atoms with Crippen LogP contribution < -0.4 is 10.2 Å².